The minimum atomic E-state index is -0.226. The van der Waals surface area contributed by atoms with E-state index in [9.17, 15) is 4.79 Å². The van der Waals surface area contributed by atoms with Crippen LogP contribution in [0.1, 0.15) is 31.9 Å². The first-order valence-electron chi connectivity index (χ1n) is 8.94. The highest BCUT2D eigenvalue weighted by Crippen LogP contribution is 2.21. The van der Waals surface area contributed by atoms with Crippen LogP contribution >= 0.6 is 0 Å². The van der Waals surface area contributed by atoms with E-state index in [1.165, 1.54) is 0 Å². The van der Waals surface area contributed by atoms with E-state index >= 15 is 0 Å². The molecule has 134 valence electrons. The van der Waals surface area contributed by atoms with Gasteiger partial charge >= 0.3 is 0 Å². The van der Waals surface area contributed by atoms with Crippen LogP contribution in [0, 0.1) is 5.92 Å². The van der Waals surface area contributed by atoms with Crippen molar-refractivity contribution in [2.45, 2.75) is 32.7 Å². The lowest BCUT2D eigenvalue weighted by molar-refractivity contribution is -0.119. The molecule has 3 rings (SSSR count). The van der Waals surface area contributed by atoms with Gasteiger partial charge in [-0.25, -0.2) is 4.99 Å². The Kier molecular flexibility index (Phi) is 5.58. The van der Waals surface area contributed by atoms with Gasteiger partial charge in [0.2, 0.25) is 5.91 Å². The molecule has 0 saturated carbocycles. The zero-order chi connectivity index (χ0) is 17.6. The van der Waals surface area contributed by atoms with Gasteiger partial charge in [-0.3, -0.25) is 4.79 Å². The fraction of sp³-hybridized carbons (Fsp3) is 0.474. The normalized spacial score (nSPS) is 18.5. The molecule has 1 amide bonds. The Morgan fingerprint density at radius 1 is 1.44 bits per heavy atom. The number of piperidine rings is 1. The number of nitrogens with zero attached hydrogens (tertiary/aromatic N) is 2. The van der Waals surface area contributed by atoms with Crippen LogP contribution in [0.5, 0.6) is 0 Å². The molecule has 0 spiro atoms. The van der Waals surface area contributed by atoms with Crippen LogP contribution in [0.2, 0.25) is 0 Å². The van der Waals surface area contributed by atoms with Crippen LogP contribution in [0.3, 0.4) is 0 Å². The van der Waals surface area contributed by atoms with E-state index in [1.807, 2.05) is 30.3 Å². The Hall–Kier alpha value is -2.50. The fourth-order valence-corrected chi connectivity index (χ4v) is 3.40. The standard InChI is InChI=1S/C19H26N4O2/c1-2-21-19(23-9-5-6-14(13-23)10-18(20)24)22-12-16-11-15-7-3-4-8-17(15)25-16/h3-4,7-8,11,14H,2,5-6,9-10,12-13H2,1H3,(H2,20,24)(H,21,22). The van der Waals surface area contributed by atoms with Gasteiger partial charge in [0.15, 0.2) is 5.96 Å². The van der Waals surface area contributed by atoms with Crippen molar-refractivity contribution in [2.24, 2.45) is 16.6 Å². The summed E-state index contributed by atoms with van der Waals surface area (Å²) in [6, 6.07) is 10.0. The van der Waals surface area contributed by atoms with E-state index < -0.39 is 0 Å². The molecule has 1 unspecified atom stereocenters. The Labute approximate surface area is 148 Å². The number of benzene rings is 1. The largest absolute Gasteiger partial charge is 0.459 e. The van der Waals surface area contributed by atoms with Gasteiger partial charge in [0, 0.05) is 31.4 Å². The van der Waals surface area contributed by atoms with E-state index in [0.717, 1.165) is 55.2 Å². The maximum Gasteiger partial charge on any atom is 0.217 e. The molecule has 1 aliphatic heterocycles. The second kappa shape index (κ2) is 8.05. The molecule has 6 heteroatoms. The summed E-state index contributed by atoms with van der Waals surface area (Å²) in [4.78, 5) is 18.2. The third kappa shape index (κ3) is 4.53. The Morgan fingerprint density at radius 3 is 3.04 bits per heavy atom. The summed E-state index contributed by atoms with van der Waals surface area (Å²) in [6.07, 6.45) is 2.54. The first kappa shape index (κ1) is 17.3. The molecule has 2 heterocycles. The van der Waals surface area contributed by atoms with E-state index in [2.05, 4.69) is 17.1 Å². The molecule has 1 fully saturated rings. The predicted molar refractivity (Wildman–Crippen MR) is 99.1 cm³/mol. The lowest BCUT2D eigenvalue weighted by atomic mass is 9.95. The first-order chi connectivity index (χ1) is 12.2. The van der Waals surface area contributed by atoms with Crippen molar-refractivity contribution in [3.05, 3.63) is 36.1 Å². The number of likely N-dealkylation sites (tertiary alicyclic amines) is 1. The Bertz CT molecular complexity index is 720. The molecular formula is C19H26N4O2. The summed E-state index contributed by atoms with van der Waals surface area (Å²) in [6.45, 7) is 5.11. The van der Waals surface area contributed by atoms with Gasteiger partial charge in [-0.15, -0.1) is 0 Å². The number of nitrogens with one attached hydrogen (secondary N) is 1. The topological polar surface area (TPSA) is 83.9 Å². The number of aliphatic imine (C=N–C) groups is 1. The van der Waals surface area contributed by atoms with Crippen LogP contribution < -0.4 is 11.1 Å². The van der Waals surface area contributed by atoms with Crippen molar-refractivity contribution in [2.75, 3.05) is 19.6 Å². The summed E-state index contributed by atoms with van der Waals surface area (Å²) < 4.78 is 5.84. The molecular weight excluding hydrogens is 316 g/mol. The van der Waals surface area contributed by atoms with E-state index in [1.54, 1.807) is 0 Å². The maximum atomic E-state index is 11.2. The van der Waals surface area contributed by atoms with Crippen LogP contribution in [-0.2, 0) is 11.3 Å². The number of carbonyl (C=O) groups is 1. The minimum Gasteiger partial charge on any atom is -0.459 e. The van der Waals surface area contributed by atoms with Gasteiger partial charge in [0.1, 0.15) is 17.9 Å². The minimum absolute atomic E-state index is 0.226. The molecule has 0 radical (unpaired) electrons. The quantitative estimate of drug-likeness (QED) is 0.646. The number of fused-ring (bicyclic) bond motifs is 1. The van der Waals surface area contributed by atoms with Crippen molar-refractivity contribution in [3.63, 3.8) is 0 Å². The van der Waals surface area contributed by atoms with Crippen molar-refractivity contribution < 1.29 is 9.21 Å². The summed E-state index contributed by atoms with van der Waals surface area (Å²) in [5.74, 6) is 1.80. The third-order valence-corrected chi connectivity index (χ3v) is 4.50. The number of hydrogen-bond donors (Lipinski definition) is 2. The van der Waals surface area contributed by atoms with Gasteiger partial charge in [0.25, 0.3) is 0 Å². The van der Waals surface area contributed by atoms with Gasteiger partial charge in [0.05, 0.1) is 0 Å². The van der Waals surface area contributed by atoms with Crippen molar-refractivity contribution >= 4 is 22.8 Å². The Morgan fingerprint density at radius 2 is 2.28 bits per heavy atom. The summed E-state index contributed by atoms with van der Waals surface area (Å²) in [5.41, 5.74) is 6.25. The maximum absolute atomic E-state index is 11.2. The molecule has 1 aliphatic rings. The number of furan rings is 1. The molecule has 25 heavy (non-hydrogen) atoms. The molecule has 1 atom stereocenters. The average Bonchev–Trinajstić information content (AvgIpc) is 3.01. The molecule has 2 aromatic rings. The molecule has 1 saturated heterocycles. The van der Waals surface area contributed by atoms with Gasteiger partial charge in [-0.1, -0.05) is 18.2 Å². The molecule has 1 aromatic carbocycles. The number of nitrogens with two attached hydrogens (primary N) is 1. The molecule has 6 nitrogen and oxygen atoms in total. The summed E-state index contributed by atoms with van der Waals surface area (Å²) in [5, 5.41) is 4.44. The summed E-state index contributed by atoms with van der Waals surface area (Å²) in [7, 11) is 0. The molecule has 0 bridgehead atoms. The number of rotatable bonds is 5. The molecule has 1 aromatic heterocycles. The van der Waals surface area contributed by atoms with Gasteiger partial charge < -0.3 is 20.4 Å². The zero-order valence-electron chi connectivity index (χ0n) is 14.7. The number of hydrogen-bond acceptors (Lipinski definition) is 3. The highest BCUT2D eigenvalue weighted by molar-refractivity contribution is 5.81. The summed E-state index contributed by atoms with van der Waals surface area (Å²) >= 11 is 0. The Balaban J connectivity index is 1.70. The number of guanidine groups is 1. The number of carbonyl (C=O) groups excluding carboxylic acids is 1. The molecule has 0 aliphatic carbocycles. The van der Waals surface area contributed by atoms with Crippen LogP contribution in [0.15, 0.2) is 39.7 Å². The van der Waals surface area contributed by atoms with Crippen molar-refractivity contribution in [1.29, 1.82) is 0 Å². The van der Waals surface area contributed by atoms with Gasteiger partial charge in [-0.2, -0.15) is 0 Å². The lowest BCUT2D eigenvalue weighted by Gasteiger charge is -2.34. The second-order valence-electron chi connectivity index (χ2n) is 6.55. The fourth-order valence-electron chi connectivity index (χ4n) is 3.40. The van der Waals surface area contributed by atoms with Gasteiger partial charge in [-0.05, 0) is 37.8 Å². The third-order valence-electron chi connectivity index (χ3n) is 4.50. The van der Waals surface area contributed by atoms with Crippen LogP contribution in [0.4, 0.5) is 0 Å². The average molecular weight is 342 g/mol. The van der Waals surface area contributed by atoms with Crippen molar-refractivity contribution in [3.8, 4) is 0 Å². The predicted octanol–water partition coefficient (Wildman–Crippen LogP) is 2.49. The monoisotopic (exact) mass is 342 g/mol. The molecule has 3 N–H and O–H groups in total. The van der Waals surface area contributed by atoms with Crippen molar-refractivity contribution in [1.82, 2.24) is 10.2 Å². The number of amides is 1. The second-order valence-corrected chi connectivity index (χ2v) is 6.55. The van der Waals surface area contributed by atoms with E-state index in [0.29, 0.717) is 18.9 Å². The SMILES string of the molecule is CCNC(=NCc1cc2ccccc2o1)N1CCCC(CC(N)=O)C1. The van der Waals surface area contributed by atoms with E-state index in [4.69, 9.17) is 15.1 Å². The lowest BCUT2D eigenvalue weighted by Crippen LogP contribution is -2.47. The smallest absolute Gasteiger partial charge is 0.217 e. The highest BCUT2D eigenvalue weighted by atomic mass is 16.3. The van der Waals surface area contributed by atoms with Crippen LogP contribution in [0.25, 0.3) is 11.0 Å². The number of para-hydroxylation sites is 1. The van der Waals surface area contributed by atoms with E-state index in [-0.39, 0.29) is 5.91 Å². The highest BCUT2D eigenvalue weighted by Gasteiger charge is 2.23. The zero-order valence-corrected chi connectivity index (χ0v) is 14.7. The first-order valence-corrected chi connectivity index (χ1v) is 8.94. The van der Waals surface area contributed by atoms with Crippen LogP contribution in [-0.4, -0.2) is 36.4 Å². The number of primary amides is 1.